The molecule has 0 aliphatic heterocycles. The van der Waals surface area contributed by atoms with Gasteiger partial charge in [-0.1, -0.05) is 78.8 Å². The first-order valence-electron chi connectivity index (χ1n) is 11.7. The summed E-state index contributed by atoms with van der Waals surface area (Å²) in [6.07, 6.45) is 0. The van der Waals surface area contributed by atoms with E-state index in [4.69, 9.17) is 12.6 Å². The summed E-state index contributed by atoms with van der Waals surface area (Å²) in [5, 5.41) is 2.87. The van der Waals surface area contributed by atoms with Gasteiger partial charge in [0.05, 0.1) is 7.11 Å². The Morgan fingerprint density at radius 1 is 0.943 bits per heavy atom. The van der Waals surface area contributed by atoms with Crippen molar-refractivity contribution >= 4 is 31.4 Å². The number of amides is 3. The summed E-state index contributed by atoms with van der Waals surface area (Å²) in [7, 11) is 9.83. The third-order valence-electron chi connectivity index (χ3n) is 6.42. The molecule has 2 radical (unpaired) electrons. The van der Waals surface area contributed by atoms with Crippen molar-refractivity contribution in [1.82, 2.24) is 15.1 Å². The molecule has 0 unspecified atom stereocenters. The van der Waals surface area contributed by atoms with Gasteiger partial charge in [-0.2, -0.15) is 0 Å². The standard InChI is InChI=1S/C26H40BN3O5/c1-16(2)18(23(33)35-10)29(8)22(32)19(25(3,4)5)28-21(31)20(30(9)24(27)34)26(6,7)17-14-12-11-13-15-17/h11-16,18-20H,1-10H3,(H,28,31)/t18-,19+,20-/m0/s1. The van der Waals surface area contributed by atoms with Gasteiger partial charge in [-0.05, 0) is 16.9 Å². The van der Waals surface area contributed by atoms with Crippen molar-refractivity contribution in [2.24, 2.45) is 11.3 Å². The van der Waals surface area contributed by atoms with Gasteiger partial charge in [0.15, 0.2) is 5.81 Å². The summed E-state index contributed by atoms with van der Waals surface area (Å²) in [6, 6.07) is 6.50. The van der Waals surface area contributed by atoms with Crippen LogP contribution >= 0.6 is 0 Å². The van der Waals surface area contributed by atoms with Gasteiger partial charge in [-0.25, -0.2) is 4.79 Å². The normalized spacial score (nSPS) is 14.5. The largest absolute Gasteiger partial charge is 0.467 e. The molecule has 0 spiro atoms. The summed E-state index contributed by atoms with van der Waals surface area (Å²) in [5.74, 6) is -2.48. The van der Waals surface area contributed by atoms with Crippen LogP contribution in [-0.4, -0.2) is 80.6 Å². The molecule has 1 N–H and O–H groups in total. The topological polar surface area (TPSA) is 96.0 Å². The Labute approximate surface area is 211 Å². The second-order valence-corrected chi connectivity index (χ2v) is 10.9. The zero-order valence-electron chi connectivity index (χ0n) is 22.7. The number of rotatable bonds is 9. The number of benzene rings is 1. The van der Waals surface area contributed by atoms with Gasteiger partial charge < -0.3 is 19.9 Å². The van der Waals surface area contributed by atoms with Crippen LogP contribution in [0.25, 0.3) is 0 Å². The second-order valence-electron chi connectivity index (χ2n) is 10.9. The number of ether oxygens (including phenoxy) is 1. The average Bonchev–Trinajstić information content (AvgIpc) is 2.76. The Balaban J connectivity index is 3.45. The van der Waals surface area contributed by atoms with Gasteiger partial charge in [0.2, 0.25) is 19.7 Å². The molecule has 3 amide bonds. The van der Waals surface area contributed by atoms with E-state index < -0.39 is 52.5 Å². The predicted octanol–water partition coefficient (Wildman–Crippen LogP) is 2.74. The summed E-state index contributed by atoms with van der Waals surface area (Å²) in [5.41, 5.74) is -0.709. The third kappa shape index (κ3) is 7.09. The lowest BCUT2D eigenvalue weighted by Crippen LogP contribution is -2.63. The third-order valence-corrected chi connectivity index (χ3v) is 6.42. The fraction of sp³-hybridized carbons (Fsp3) is 0.615. The molecule has 3 atom stereocenters. The number of likely N-dealkylation sites (N-methyl/N-ethyl adjacent to an activating group) is 2. The highest BCUT2D eigenvalue weighted by Crippen LogP contribution is 2.31. The van der Waals surface area contributed by atoms with Crippen molar-refractivity contribution in [3.8, 4) is 0 Å². The maximum atomic E-state index is 13.8. The van der Waals surface area contributed by atoms with Gasteiger partial charge in [0, 0.05) is 19.5 Å². The zero-order chi connectivity index (χ0) is 27.3. The number of hydrogen-bond donors (Lipinski definition) is 1. The lowest BCUT2D eigenvalue weighted by molar-refractivity contribution is -0.155. The number of carbonyl (C=O) groups excluding carboxylic acids is 4. The van der Waals surface area contributed by atoms with E-state index in [2.05, 4.69) is 5.32 Å². The molecule has 0 fully saturated rings. The molecule has 0 heterocycles. The van der Waals surface area contributed by atoms with Crippen LogP contribution < -0.4 is 5.32 Å². The molecule has 1 aromatic rings. The molecular weight excluding hydrogens is 445 g/mol. The van der Waals surface area contributed by atoms with Crippen LogP contribution in [0.3, 0.4) is 0 Å². The van der Waals surface area contributed by atoms with Crippen molar-refractivity contribution in [2.75, 3.05) is 21.2 Å². The lowest BCUT2D eigenvalue weighted by atomic mass is 9.75. The summed E-state index contributed by atoms with van der Waals surface area (Å²) < 4.78 is 4.90. The van der Waals surface area contributed by atoms with Gasteiger partial charge in [0.1, 0.15) is 18.1 Å². The first-order chi connectivity index (χ1) is 16.0. The van der Waals surface area contributed by atoms with Crippen LogP contribution in [0, 0.1) is 11.3 Å². The first-order valence-corrected chi connectivity index (χ1v) is 11.7. The fourth-order valence-corrected chi connectivity index (χ4v) is 4.35. The first kappa shape index (κ1) is 30.2. The zero-order valence-corrected chi connectivity index (χ0v) is 22.7. The average molecular weight is 485 g/mol. The highest BCUT2D eigenvalue weighted by molar-refractivity contribution is 6.57. The van der Waals surface area contributed by atoms with Crippen molar-refractivity contribution in [1.29, 1.82) is 0 Å². The van der Waals surface area contributed by atoms with Gasteiger partial charge in [0.25, 0.3) is 0 Å². The molecule has 0 aliphatic carbocycles. The number of nitrogens with zero attached hydrogens (tertiary/aromatic N) is 2. The molecule has 0 aromatic heterocycles. The van der Waals surface area contributed by atoms with Crippen LogP contribution in [0.15, 0.2) is 30.3 Å². The minimum absolute atomic E-state index is 0.210. The summed E-state index contributed by atoms with van der Waals surface area (Å²) in [4.78, 5) is 54.5. The van der Waals surface area contributed by atoms with E-state index in [0.29, 0.717) is 0 Å². The minimum atomic E-state index is -1.01. The van der Waals surface area contributed by atoms with Gasteiger partial charge in [-0.15, -0.1) is 0 Å². The van der Waals surface area contributed by atoms with Crippen LogP contribution in [0.5, 0.6) is 0 Å². The summed E-state index contributed by atoms with van der Waals surface area (Å²) in [6.45, 7) is 12.8. The Bertz CT molecular complexity index is 911. The van der Waals surface area contributed by atoms with Crippen LogP contribution in [0.1, 0.15) is 54.0 Å². The smallest absolute Gasteiger partial charge is 0.328 e. The molecule has 0 saturated heterocycles. The molecule has 0 bridgehead atoms. The molecular formula is C26H40BN3O5. The Morgan fingerprint density at radius 2 is 1.46 bits per heavy atom. The van der Waals surface area contributed by atoms with Crippen molar-refractivity contribution in [3.63, 3.8) is 0 Å². The van der Waals surface area contributed by atoms with Crippen LogP contribution in [-0.2, 0) is 24.5 Å². The minimum Gasteiger partial charge on any atom is -0.467 e. The lowest BCUT2D eigenvalue weighted by Gasteiger charge is -2.42. The van der Waals surface area contributed by atoms with Crippen molar-refractivity contribution in [3.05, 3.63) is 35.9 Å². The van der Waals surface area contributed by atoms with E-state index in [1.807, 2.05) is 78.8 Å². The Hall–Kier alpha value is -2.84. The van der Waals surface area contributed by atoms with Crippen molar-refractivity contribution < 1.29 is 23.9 Å². The molecule has 192 valence electrons. The molecule has 35 heavy (non-hydrogen) atoms. The molecule has 0 saturated carbocycles. The molecule has 1 aromatic carbocycles. The van der Waals surface area contributed by atoms with E-state index in [1.54, 1.807) is 0 Å². The molecule has 8 nitrogen and oxygen atoms in total. The van der Waals surface area contributed by atoms with Crippen LogP contribution in [0.4, 0.5) is 4.79 Å². The Morgan fingerprint density at radius 3 is 1.86 bits per heavy atom. The number of nitrogens with one attached hydrogen (secondary N) is 1. The fourth-order valence-electron chi connectivity index (χ4n) is 4.35. The number of hydrogen-bond acceptors (Lipinski definition) is 5. The maximum Gasteiger partial charge on any atom is 0.328 e. The van der Waals surface area contributed by atoms with Crippen LogP contribution in [0.2, 0.25) is 0 Å². The Kier molecular flexibility index (Phi) is 10.1. The van der Waals surface area contributed by atoms with E-state index >= 15 is 0 Å². The van der Waals surface area contributed by atoms with E-state index in [-0.39, 0.29) is 5.92 Å². The molecule has 1 rings (SSSR count). The van der Waals surface area contributed by atoms with Gasteiger partial charge >= 0.3 is 5.97 Å². The van der Waals surface area contributed by atoms with Gasteiger partial charge in [-0.3, -0.25) is 14.4 Å². The maximum absolute atomic E-state index is 13.8. The summed E-state index contributed by atoms with van der Waals surface area (Å²) >= 11 is 0. The molecule has 0 aliphatic rings. The second kappa shape index (κ2) is 11.7. The van der Waals surface area contributed by atoms with E-state index in [1.165, 1.54) is 31.0 Å². The molecule has 9 heteroatoms. The predicted molar refractivity (Wildman–Crippen MR) is 137 cm³/mol. The highest BCUT2D eigenvalue weighted by Gasteiger charge is 2.45. The number of carbonyl (C=O) groups is 4. The monoisotopic (exact) mass is 485 g/mol. The van der Waals surface area contributed by atoms with E-state index in [9.17, 15) is 19.2 Å². The SMILES string of the molecule is [B]C(=O)N(C)[C@@H](C(=O)N[C@H](C(=O)N(C)[C@H](C(=O)OC)C(C)C)C(C)(C)C)C(C)(C)c1ccccc1. The van der Waals surface area contributed by atoms with Crippen molar-refractivity contribution in [2.45, 2.75) is 72.0 Å². The number of esters is 1. The van der Waals surface area contributed by atoms with E-state index in [0.717, 1.165) is 5.56 Å². The number of methoxy groups -OCH3 is 1. The highest BCUT2D eigenvalue weighted by atomic mass is 16.5. The quantitative estimate of drug-likeness (QED) is 0.429.